The predicted octanol–water partition coefficient (Wildman–Crippen LogP) is -0.762. The lowest BCUT2D eigenvalue weighted by Gasteiger charge is -2.64. The number of rotatable bonds is 6. The molecule has 0 aromatic carbocycles. The zero-order chi connectivity index (χ0) is 32.7. The molecule has 1 spiro atoms. The SMILES string of the molecule is C=C1C[C@@]23CCC4[C@@](C)(CCC[C@@]4(C)C(=O)O[C@@H]4O[C@H](CO)[C@@H](O)[C@H](O)[C@H]4O)C2CC[C@]1(O[C@@H]1O[C@H](CO)[C@@H](O)[C@H](O)[C@H]1O)C3. The Balaban J connectivity index is 1.20. The fraction of sp³-hybridized carbons (Fsp3) is 0.906. The quantitative estimate of drug-likeness (QED) is 0.102. The van der Waals surface area contributed by atoms with E-state index >= 15 is 0 Å². The molecule has 2 aliphatic heterocycles. The molecule has 16 atom stereocenters. The Morgan fingerprint density at radius 1 is 0.800 bits per heavy atom. The van der Waals surface area contributed by atoms with Crippen molar-refractivity contribution in [3.63, 3.8) is 0 Å². The maximum atomic E-state index is 13.9. The highest BCUT2D eigenvalue weighted by Gasteiger charge is 2.69. The summed E-state index contributed by atoms with van der Waals surface area (Å²) < 4.78 is 23.4. The number of esters is 1. The molecule has 45 heavy (non-hydrogen) atoms. The van der Waals surface area contributed by atoms with Crippen molar-refractivity contribution in [2.24, 2.45) is 28.1 Å². The third kappa shape index (κ3) is 5.04. The second kappa shape index (κ2) is 11.7. The predicted molar refractivity (Wildman–Crippen MR) is 154 cm³/mol. The van der Waals surface area contributed by atoms with Crippen molar-refractivity contribution in [3.8, 4) is 0 Å². The van der Waals surface area contributed by atoms with Crippen LogP contribution in [0.3, 0.4) is 0 Å². The molecule has 256 valence electrons. The third-order valence-corrected chi connectivity index (χ3v) is 12.9. The Hall–Kier alpha value is -1.23. The smallest absolute Gasteiger partial charge is 0.314 e. The molecule has 13 nitrogen and oxygen atoms in total. The number of hydrogen-bond acceptors (Lipinski definition) is 13. The summed E-state index contributed by atoms with van der Waals surface area (Å²) in [4.78, 5) is 13.9. The molecule has 13 heteroatoms. The lowest BCUT2D eigenvalue weighted by molar-refractivity contribution is -0.327. The van der Waals surface area contributed by atoms with Crippen molar-refractivity contribution in [2.75, 3.05) is 13.2 Å². The van der Waals surface area contributed by atoms with Gasteiger partial charge in [0.1, 0.15) is 48.8 Å². The van der Waals surface area contributed by atoms with Crippen LogP contribution in [0.2, 0.25) is 0 Å². The van der Waals surface area contributed by atoms with Crippen LogP contribution in [-0.4, -0.2) is 127 Å². The first-order valence-corrected chi connectivity index (χ1v) is 16.3. The summed E-state index contributed by atoms with van der Waals surface area (Å²) in [5.74, 6) is -0.348. The number of carbonyl (C=O) groups is 1. The maximum Gasteiger partial charge on any atom is 0.314 e. The topological polar surface area (TPSA) is 216 Å². The first-order valence-electron chi connectivity index (χ1n) is 16.3. The largest absolute Gasteiger partial charge is 0.432 e. The maximum absolute atomic E-state index is 13.9. The van der Waals surface area contributed by atoms with E-state index in [4.69, 9.17) is 18.9 Å². The average Bonchev–Trinajstić information content (AvgIpc) is 3.20. The van der Waals surface area contributed by atoms with Gasteiger partial charge >= 0.3 is 5.97 Å². The molecule has 8 N–H and O–H groups in total. The van der Waals surface area contributed by atoms with Crippen molar-refractivity contribution in [1.82, 2.24) is 0 Å². The first-order chi connectivity index (χ1) is 21.2. The van der Waals surface area contributed by atoms with Gasteiger partial charge in [-0.05, 0) is 86.5 Å². The molecule has 4 aliphatic carbocycles. The highest BCUT2D eigenvalue weighted by atomic mass is 16.7. The summed E-state index contributed by atoms with van der Waals surface area (Å²) in [7, 11) is 0. The van der Waals surface area contributed by atoms with E-state index < -0.39 is 91.6 Å². The van der Waals surface area contributed by atoms with Crippen LogP contribution in [-0.2, 0) is 23.7 Å². The molecule has 6 rings (SSSR count). The van der Waals surface area contributed by atoms with Crippen LogP contribution in [0, 0.1) is 28.1 Å². The van der Waals surface area contributed by atoms with E-state index in [2.05, 4.69) is 13.5 Å². The Labute approximate surface area is 262 Å². The van der Waals surface area contributed by atoms with Gasteiger partial charge in [0, 0.05) is 0 Å². The van der Waals surface area contributed by atoms with Gasteiger partial charge in [-0.2, -0.15) is 0 Å². The minimum Gasteiger partial charge on any atom is -0.432 e. The molecule has 4 saturated carbocycles. The van der Waals surface area contributed by atoms with Gasteiger partial charge in [-0.1, -0.05) is 19.9 Å². The molecular weight excluding hydrogens is 592 g/mol. The van der Waals surface area contributed by atoms with Gasteiger partial charge in [-0.15, -0.1) is 0 Å². The van der Waals surface area contributed by atoms with Gasteiger partial charge in [-0.3, -0.25) is 4.79 Å². The molecule has 2 heterocycles. The van der Waals surface area contributed by atoms with Gasteiger partial charge in [0.05, 0.1) is 24.2 Å². The summed E-state index contributed by atoms with van der Waals surface area (Å²) in [6, 6.07) is 0. The Morgan fingerprint density at radius 2 is 1.38 bits per heavy atom. The molecule has 6 fully saturated rings. The van der Waals surface area contributed by atoms with E-state index in [1.165, 1.54) is 0 Å². The highest BCUT2D eigenvalue weighted by Crippen LogP contribution is 2.73. The van der Waals surface area contributed by atoms with E-state index in [0.29, 0.717) is 25.7 Å². The van der Waals surface area contributed by atoms with Gasteiger partial charge in [0.2, 0.25) is 6.29 Å². The summed E-state index contributed by atoms with van der Waals surface area (Å²) in [6.07, 6.45) is -7.82. The van der Waals surface area contributed by atoms with Crippen LogP contribution in [0.5, 0.6) is 0 Å². The van der Waals surface area contributed by atoms with Crippen LogP contribution in [0.15, 0.2) is 12.2 Å². The van der Waals surface area contributed by atoms with Gasteiger partial charge < -0.3 is 59.8 Å². The molecule has 2 bridgehead atoms. The molecular formula is C32H50O13. The number of hydrogen-bond donors (Lipinski definition) is 8. The number of ether oxygens (including phenoxy) is 4. The van der Waals surface area contributed by atoms with Crippen LogP contribution in [0.1, 0.15) is 71.6 Å². The second-order valence-electron chi connectivity index (χ2n) is 15.2. The molecule has 2 unspecified atom stereocenters. The summed E-state index contributed by atoms with van der Waals surface area (Å²) in [6.45, 7) is 7.41. The standard InChI is InChI=1S/C32H50O13/c1-15-11-31-9-5-18-29(2,7-4-8-30(18,3)28(41)44-26-24(39)22(37)20(35)16(12-33)42-26)19(31)6-10-32(15,14-31)45-27-25(40)23(38)21(36)17(13-34)43-27/h16-27,33-40H,1,4-14H2,2-3H3/t16-,17-,18?,19?,20-,21-,22+,23+,24-,25-,26+,27+,29-,30-,31-,32+/m1/s1. The van der Waals surface area contributed by atoms with Gasteiger partial charge in [0.15, 0.2) is 6.29 Å². The lowest BCUT2D eigenvalue weighted by Crippen LogP contribution is -2.63. The van der Waals surface area contributed by atoms with E-state index in [1.54, 1.807) is 0 Å². The average molecular weight is 643 g/mol. The van der Waals surface area contributed by atoms with E-state index in [0.717, 1.165) is 37.7 Å². The monoisotopic (exact) mass is 642 g/mol. The Bertz CT molecular complexity index is 1150. The fourth-order valence-corrected chi connectivity index (χ4v) is 10.5. The first kappa shape index (κ1) is 33.7. The third-order valence-electron chi connectivity index (χ3n) is 12.9. The van der Waals surface area contributed by atoms with Crippen LogP contribution >= 0.6 is 0 Å². The van der Waals surface area contributed by atoms with E-state index in [1.807, 2.05) is 6.92 Å². The van der Waals surface area contributed by atoms with Crippen molar-refractivity contribution < 1.29 is 64.6 Å². The molecule has 0 aromatic heterocycles. The lowest BCUT2D eigenvalue weighted by atomic mass is 9.41. The molecule has 6 aliphatic rings. The summed E-state index contributed by atoms with van der Waals surface area (Å²) in [5.41, 5.74) is -1.20. The van der Waals surface area contributed by atoms with Crippen LogP contribution < -0.4 is 0 Å². The highest BCUT2D eigenvalue weighted by molar-refractivity contribution is 5.77. The minimum absolute atomic E-state index is 0.0421. The van der Waals surface area contributed by atoms with Gasteiger partial charge in [-0.25, -0.2) is 0 Å². The normalized spacial score (nSPS) is 54.7. The number of aliphatic hydroxyl groups is 8. The van der Waals surface area contributed by atoms with E-state index in [-0.39, 0.29) is 22.7 Å². The number of fused-ring (bicyclic) bond motifs is 3. The Kier molecular flexibility index (Phi) is 8.77. The Morgan fingerprint density at radius 3 is 2.00 bits per heavy atom. The number of aliphatic hydroxyl groups excluding tert-OH is 8. The van der Waals surface area contributed by atoms with E-state index in [9.17, 15) is 45.6 Å². The molecule has 2 saturated heterocycles. The van der Waals surface area contributed by atoms with Crippen LogP contribution in [0.4, 0.5) is 0 Å². The van der Waals surface area contributed by atoms with Gasteiger partial charge in [0.25, 0.3) is 0 Å². The zero-order valence-corrected chi connectivity index (χ0v) is 26.0. The summed E-state index contributed by atoms with van der Waals surface area (Å²) >= 11 is 0. The molecule has 0 radical (unpaired) electrons. The fourth-order valence-electron chi connectivity index (χ4n) is 10.5. The van der Waals surface area contributed by atoms with Crippen molar-refractivity contribution in [1.29, 1.82) is 0 Å². The molecule has 0 amide bonds. The summed E-state index contributed by atoms with van der Waals surface area (Å²) in [5, 5.41) is 81.4. The van der Waals surface area contributed by atoms with Crippen molar-refractivity contribution in [2.45, 2.75) is 139 Å². The second-order valence-corrected chi connectivity index (χ2v) is 15.2. The van der Waals surface area contributed by atoms with Crippen LogP contribution in [0.25, 0.3) is 0 Å². The van der Waals surface area contributed by atoms with Crippen molar-refractivity contribution in [3.05, 3.63) is 12.2 Å². The molecule has 0 aromatic rings. The minimum atomic E-state index is -1.67. The van der Waals surface area contributed by atoms with Crippen molar-refractivity contribution >= 4 is 5.97 Å². The zero-order valence-electron chi connectivity index (χ0n) is 26.0. The number of carbonyl (C=O) groups excluding carboxylic acids is 1.